The Morgan fingerprint density at radius 3 is 2.92 bits per heavy atom. The van der Waals surface area contributed by atoms with Crippen molar-refractivity contribution >= 4 is 22.8 Å². The minimum absolute atomic E-state index is 0.218. The van der Waals surface area contributed by atoms with Crippen LogP contribution in [-0.2, 0) is 5.41 Å². The Balaban J connectivity index is 1.35. The van der Waals surface area contributed by atoms with Gasteiger partial charge in [-0.3, -0.25) is 0 Å². The van der Waals surface area contributed by atoms with E-state index in [1.807, 2.05) is 6.07 Å². The maximum absolute atomic E-state index is 6.04. The third kappa shape index (κ3) is 2.50. The highest BCUT2D eigenvalue weighted by Crippen LogP contribution is 2.50. The van der Waals surface area contributed by atoms with Gasteiger partial charge >= 0.3 is 0 Å². The van der Waals surface area contributed by atoms with E-state index in [9.17, 15) is 0 Å². The van der Waals surface area contributed by atoms with E-state index in [4.69, 9.17) is 21.3 Å². The van der Waals surface area contributed by atoms with Crippen LogP contribution in [0.25, 0.3) is 11.2 Å². The summed E-state index contributed by atoms with van der Waals surface area (Å²) in [4.78, 5) is 12.5. The smallest absolute Gasteiger partial charge is 0.177 e. The third-order valence-electron chi connectivity index (χ3n) is 6.41. The van der Waals surface area contributed by atoms with Crippen LogP contribution >= 0.6 is 11.6 Å². The molecule has 1 aliphatic heterocycles. The van der Waals surface area contributed by atoms with E-state index in [-0.39, 0.29) is 5.41 Å². The van der Waals surface area contributed by atoms with E-state index in [1.165, 1.54) is 31.2 Å². The number of pyridine rings is 1. The predicted molar refractivity (Wildman–Crippen MR) is 103 cm³/mol. The largest absolute Gasteiger partial charge is 0.492 e. The summed E-state index contributed by atoms with van der Waals surface area (Å²) in [5.74, 6) is 3.13. The maximum atomic E-state index is 6.04. The molecule has 0 saturated heterocycles. The molecule has 1 atom stereocenters. The van der Waals surface area contributed by atoms with Crippen LogP contribution in [0.2, 0.25) is 5.02 Å². The number of ether oxygens (including phenoxy) is 1. The lowest BCUT2D eigenvalue weighted by molar-refractivity contribution is 0.169. The van der Waals surface area contributed by atoms with Crippen molar-refractivity contribution in [1.82, 2.24) is 15.0 Å². The van der Waals surface area contributed by atoms with Gasteiger partial charge in [-0.05, 0) is 43.7 Å². The Hall–Kier alpha value is -2.07. The van der Waals surface area contributed by atoms with E-state index >= 15 is 0 Å². The van der Waals surface area contributed by atoms with E-state index in [2.05, 4.69) is 41.2 Å². The van der Waals surface area contributed by atoms with Crippen molar-refractivity contribution in [3.63, 3.8) is 0 Å². The average molecular weight is 368 g/mol. The Labute approximate surface area is 158 Å². The van der Waals surface area contributed by atoms with Crippen LogP contribution in [0.5, 0.6) is 5.75 Å². The van der Waals surface area contributed by atoms with Crippen LogP contribution in [-0.4, -0.2) is 21.6 Å². The third-order valence-corrected chi connectivity index (χ3v) is 6.62. The van der Waals surface area contributed by atoms with Crippen LogP contribution in [0, 0.1) is 5.92 Å². The van der Waals surface area contributed by atoms with Gasteiger partial charge in [-0.25, -0.2) is 9.97 Å². The number of nitrogens with one attached hydrogen (secondary N) is 1. The minimum Gasteiger partial charge on any atom is -0.492 e. The molecule has 4 nitrogen and oxygen atoms in total. The van der Waals surface area contributed by atoms with E-state index in [0.29, 0.717) is 16.9 Å². The second-order valence-electron chi connectivity index (χ2n) is 7.84. The number of H-pyrrole nitrogens is 1. The fourth-order valence-electron chi connectivity index (χ4n) is 4.76. The Bertz CT molecular complexity index is 959. The zero-order valence-electron chi connectivity index (χ0n) is 14.8. The number of halogens is 1. The van der Waals surface area contributed by atoms with Gasteiger partial charge in [0.05, 0.1) is 17.1 Å². The van der Waals surface area contributed by atoms with Crippen molar-refractivity contribution < 1.29 is 4.74 Å². The maximum Gasteiger partial charge on any atom is 0.177 e. The highest BCUT2D eigenvalue weighted by atomic mass is 35.5. The standard InChI is InChI=1S/C21H22ClN3O/c1-13(19-24-17-10-15(22)11-23-20(17)25-19)14-6-8-21(9-7-14)12-26-18-5-3-2-4-16(18)21/h2-5,10-11,13-14H,6-9,12H2,1H3,(H,23,24,25)/t13?,14-,21+. The van der Waals surface area contributed by atoms with Crippen LogP contribution in [0.3, 0.4) is 0 Å². The molecule has 0 bridgehead atoms. The summed E-state index contributed by atoms with van der Waals surface area (Å²) >= 11 is 6.04. The summed E-state index contributed by atoms with van der Waals surface area (Å²) in [6.45, 7) is 3.11. The van der Waals surface area contributed by atoms with Gasteiger partial charge in [0.25, 0.3) is 0 Å². The quantitative estimate of drug-likeness (QED) is 0.674. The number of aromatic amines is 1. The zero-order valence-corrected chi connectivity index (χ0v) is 15.6. The Morgan fingerprint density at radius 1 is 1.27 bits per heavy atom. The molecule has 1 spiro atoms. The second kappa shape index (κ2) is 5.98. The number of hydrogen-bond donors (Lipinski definition) is 1. The minimum atomic E-state index is 0.218. The monoisotopic (exact) mass is 367 g/mol. The number of nitrogens with zero attached hydrogens (tertiary/aromatic N) is 2. The topological polar surface area (TPSA) is 50.8 Å². The summed E-state index contributed by atoms with van der Waals surface area (Å²) in [6, 6.07) is 10.5. The van der Waals surface area contributed by atoms with Crippen LogP contribution < -0.4 is 4.74 Å². The van der Waals surface area contributed by atoms with Gasteiger partial charge in [-0.1, -0.05) is 36.7 Å². The van der Waals surface area contributed by atoms with Crippen molar-refractivity contribution in [2.24, 2.45) is 5.92 Å². The first-order valence-corrected chi connectivity index (χ1v) is 9.76. The predicted octanol–water partition coefficient (Wildman–Crippen LogP) is 5.24. The molecule has 3 aromatic rings. The van der Waals surface area contributed by atoms with Crippen LogP contribution in [0.4, 0.5) is 0 Å². The molecule has 26 heavy (non-hydrogen) atoms. The molecule has 1 N–H and O–H groups in total. The molecule has 5 heteroatoms. The molecular formula is C21H22ClN3O. The SMILES string of the molecule is CC(c1nc2ncc(Cl)cc2[nH]1)[C@H]1CC[C@@]2(CC1)COc1ccccc12. The van der Waals surface area contributed by atoms with Gasteiger partial charge < -0.3 is 9.72 Å². The summed E-state index contributed by atoms with van der Waals surface area (Å²) < 4.78 is 5.98. The van der Waals surface area contributed by atoms with Gasteiger partial charge in [-0.15, -0.1) is 0 Å². The van der Waals surface area contributed by atoms with Crippen LogP contribution in [0.1, 0.15) is 49.9 Å². The molecule has 1 unspecified atom stereocenters. The zero-order chi connectivity index (χ0) is 17.7. The van der Waals surface area contributed by atoms with Crippen molar-refractivity contribution in [2.45, 2.75) is 43.9 Å². The highest BCUT2D eigenvalue weighted by Gasteiger charge is 2.44. The van der Waals surface area contributed by atoms with Crippen LogP contribution in [0.15, 0.2) is 36.5 Å². The number of benzene rings is 1. The summed E-state index contributed by atoms with van der Waals surface area (Å²) in [5.41, 5.74) is 3.30. The normalized spacial score (nSPS) is 26.0. The molecule has 2 aliphatic rings. The number of para-hydroxylation sites is 1. The first kappa shape index (κ1) is 16.1. The first-order chi connectivity index (χ1) is 12.6. The lowest BCUT2D eigenvalue weighted by Crippen LogP contribution is -2.34. The molecule has 1 fully saturated rings. The molecule has 3 heterocycles. The van der Waals surface area contributed by atoms with Crippen molar-refractivity contribution in [3.05, 3.63) is 52.9 Å². The number of hydrogen-bond acceptors (Lipinski definition) is 3. The fraction of sp³-hybridized carbons (Fsp3) is 0.429. The molecule has 5 rings (SSSR count). The number of fused-ring (bicyclic) bond motifs is 3. The molecule has 1 saturated carbocycles. The Morgan fingerprint density at radius 2 is 2.08 bits per heavy atom. The van der Waals surface area contributed by atoms with Gasteiger partial charge in [-0.2, -0.15) is 0 Å². The summed E-state index contributed by atoms with van der Waals surface area (Å²) in [5, 5.41) is 0.639. The van der Waals surface area contributed by atoms with Crippen molar-refractivity contribution in [1.29, 1.82) is 0 Å². The summed E-state index contributed by atoms with van der Waals surface area (Å²) in [7, 11) is 0. The van der Waals surface area contributed by atoms with Crippen molar-refractivity contribution in [2.75, 3.05) is 6.61 Å². The molecule has 1 aliphatic carbocycles. The Kier molecular flexibility index (Phi) is 3.71. The molecule has 0 radical (unpaired) electrons. The lowest BCUT2D eigenvalue weighted by Gasteiger charge is -2.38. The van der Waals surface area contributed by atoms with E-state index < -0.39 is 0 Å². The van der Waals surface area contributed by atoms with E-state index in [1.54, 1.807) is 6.20 Å². The molecule has 134 valence electrons. The number of imidazole rings is 1. The molecular weight excluding hydrogens is 346 g/mol. The molecule has 0 amide bonds. The second-order valence-corrected chi connectivity index (χ2v) is 8.27. The van der Waals surface area contributed by atoms with Gasteiger partial charge in [0.2, 0.25) is 0 Å². The first-order valence-electron chi connectivity index (χ1n) is 9.38. The lowest BCUT2D eigenvalue weighted by atomic mass is 9.65. The van der Waals surface area contributed by atoms with Gasteiger partial charge in [0.15, 0.2) is 5.65 Å². The number of aromatic nitrogens is 3. The fourth-order valence-corrected chi connectivity index (χ4v) is 4.92. The number of rotatable bonds is 2. The van der Waals surface area contributed by atoms with Crippen molar-refractivity contribution in [3.8, 4) is 5.75 Å². The van der Waals surface area contributed by atoms with E-state index in [0.717, 1.165) is 29.3 Å². The average Bonchev–Trinajstić information content (AvgIpc) is 3.24. The molecule has 1 aromatic carbocycles. The highest BCUT2D eigenvalue weighted by molar-refractivity contribution is 6.31. The van der Waals surface area contributed by atoms with Gasteiger partial charge in [0.1, 0.15) is 11.6 Å². The summed E-state index contributed by atoms with van der Waals surface area (Å²) in [6.07, 6.45) is 6.42. The van der Waals surface area contributed by atoms with Gasteiger partial charge in [0, 0.05) is 23.1 Å². The molecule has 2 aromatic heterocycles.